The number of hydrogen-bond acceptors (Lipinski definition) is 3. The fraction of sp³-hybridized carbons (Fsp3) is 0.917. The number of likely N-dealkylation sites (tertiary alicyclic amines) is 1. The Morgan fingerprint density at radius 3 is 2.47 bits per heavy atom. The first kappa shape index (κ1) is 14.3. The van der Waals surface area contributed by atoms with Gasteiger partial charge in [0.2, 0.25) is 5.96 Å². The Morgan fingerprint density at radius 2 is 1.94 bits per heavy atom. The molecular weight excluding hydrogens is 214 g/mol. The Bertz CT molecular complexity index is 233. The minimum atomic E-state index is 0.370. The summed E-state index contributed by atoms with van der Waals surface area (Å²) < 4.78 is 0. The largest absolute Gasteiger partial charge is 0.352 e. The van der Waals surface area contributed by atoms with Crippen molar-refractivity contribution in [1.82, 2.24) is 15.6 Å². The molecule has 1 atom stereocenters. The zero-order valence-corrected chi connectivity index (χ0v) is 11.4. The van der Waals surface area contributed by atoms with Crippen molar-refractivity contribution in [2.75, 3.05) is 26.2 Å². The first-order valence-electron chi connectivity index (χ1n) is 6.61. The SMILES string of the molecule is CC(C)CN=C(NN)NC(C)CN1CCCC1. The minimum Gasteiger partial charge on any atom is -0.352 e. The first-order valence-corrected chi connectivity index (χ1v) is 6.61. The number of rotatable bonds is 5. The number of hydrazine groups is 1. The smallest absolute Gasteiger partial charge is 0.205 e. The molecule has 100 valence electrons. The van der Waals surface area contributed by atoms with Crippen LogP contribution in [0.1, 0.15) is 33.6 Å². The summed E-state index contributed by atoms with van der Waals surface area (Å²) >= 11 is 0. The first-order chi connectivity index (χ1) is 8.11. The number of nitrogens with two attached hydrogens (primary N) is 1. The summed E-state index contributed by atoms with van der Waals surface area (Å²) in [6.45, 7) is 10.8. The quantitative estimate of drug-likeness (QED) is 0.284. The second-order valence-corrected chi connectivity index (χ2v) is 5.28. The van der Waals surface area contributed by atoms with Gasteiger partial charge >= 0.3 is 0 Å². The molecule has 17 heavy (non-hydrogen) atoms. The van der Waals surface area contributed by atoms with Crippen LogP contribution in [0.3, 0.4) is 0 Å². The standard InChI is InChI=1S/C12H27N5/c1-10(2)8-14-12(16-13)15-11(3)9-17-6-4-5-7-17/h10-11H,4-9,13H2,1-3H3,(H2,14,15,16). The molecule has 4 N–H and O–H groups in total. The molecule has 5 nitrogen and oxygen atoms in total. The van der Waals surface area contributed by atoms with E-state index >= 15 is 0 Å². The van der Waals surface area contributed by atoms with E-state index < -0.39 is 0 Å². The maximum Gasteiger partial charge on any atom is 0.205 e. The Labute approximate surface area is 105 Å². The molecule has 1 aliphatic rings. The van der Waals surface area contributed by atoms with Crippen molar-refractivity contribution >= 4 is 5.96 Å². The van der Waals surface area contributed by atoms with E-state index in [4.69, 9.17) is 5.84 Å². The van der Waals surface area contributed by atoms with E-state index in [0.29, 0.717) is 17.9 Å². The molecule has 0 aromatic heterocycles. The highest BCUT2D eigenvalue weighted by Gasteiger charge is 2.15. The number of nitrogens with one attached hydrogen (secondary N) is 2. The Kier molecular flexibility index (Phi) is 6.29. The average Bonchev–Trinajstić information content (AvgIpc) is 2.76. The molecule has 0 aromatic rings. The minimum absolute atomic E-state index is 0.370. The number of nitrogens with zero attached hydrogens (tertiary/aromatic N) is 2. The maximum atomic E-state index is 5.46. The Morgan fingerprint density at radius 1 is 1.29 bits per heavy atom. The van der Waals surface area contributed by atoms with Gasteiger partial charge in [-0.2, -0.15) is 0 Å². The van der Waals surface area contributed by atoms with Crippen LogP contribution in [-0.4, -0.2) is 43.1 Å². The lowest BCUT2D eigenvalue weighted by Gasteiger charge is -2.22. The fourth-order valence-electron chi connectivity index (χ4n) is 2.04. The van der Waals surface area contributed by atoms with Crippen molar-refractivity contribution in [2.24, 2.45) is 16.8 Å². The van der Waals surface area contributed by atoms with Crippen molar-refractivity contribution in [3.63, 3.8) is 0 Å². The summed E-state index contributed by atoms with van der Waals surface area (Å²) in [5.41, 5.74) is 2.63. The molecule has 1 unspecified atom stereocenters. The number of guanidine groups is 1. The summed E-state index contributed by atoms with van der Waals surface area (Å²) in [5, 5.41) is 3.32. The summed E-state index contributed by atoms with van der Waals surface area (Å²) in [5.74, 6) is 6.71. The van der Waals surface area contributed by atoms with Gasteiger partial charge in [-0.25, -0.2) is 5.84 Å². The topological polar surface area (TPSA) is 65.7 Å². The van der Waals surface area contributed by atoms with Gasteiger partial charge in [0.25, 0.3) is 0 Å². The van der Waals surface area contributed by atoms with E-state index in [1.165, 1.54) is 25.9 Å². The van der Waals surface area contributed by atoms with Crippen LogP contribution in [0.4, 0.5) is 0 Å². The predicted octanol–water partition coefficient (Wildman–Crippen LogP) is 0.536. The van der Waals surface area contributed by atoms with Crippen molar-refractivity contribution < 1.29 is 0 Å². The van der Waals surface area contributed by atoms with Crippen LogP contribution >= 0.6 is 0 Å². The van der Waals surface area contributed by atoms with Crippen LogP contribution in [0, 0.1) is 5.92 Å². The number of aliphatic imine (C=N–C) groups is 1. The summed E-state index contributed by atoms with van der Waals surface area (Å²) in [6.07, 6.45) is 2.66. The van der Waals surface area contributed by atoms with Gasteiger partial charge in [-0.3, -0.25) is 10.4 Å². The van der Waals surface area contributed by atoms with E-state index in [9.17, 15) is 0 Å². The van der Waals surface area contributed by atoms with Crippen molar-refractivity contribution in [1.29, 1.82) is 0 Å². The molecule has 0 bridgehead atoms. The predicted molar refractivity (Wildman–Crippen MR) is 72.7 cm³/mol. The van der Waals surface area contributed by atoms with Gasteiger partial charge in [-0.05, 0) is 38.8 Å². The Balaban J connectivity index is 2.30. The average molecular weight is 241 g/mol. The molecule has 1 aliphatic heterocycles. The van der Waals surface area contributed by atoms with Crippen LogP contribution < -0.4 is 16.6 Å². The molecule has 1 saturated heterocycles. The lowest BCUT2D eigenvalue weighted by atomic mass is 10.2. The van der Waals surface area contributed by atoms with Crippen molar-refractivity contribution in [3.05, 3.63) is 0 Å². The van der Waals surface area contributed by atoms with Gasteiger partial charge in [0, 0.05) is 19.1 Å². The van der Waals surface area contributed by atoms with E-state index in [1.54, 1.807) is 0 Å². The molecule has 0 radical (unpaired) electrons. The zero-order chi connectivity index (χ0) is 12.7. The zero-order valence-electron chi connectivity index (χ0n) is 11.4. The summed E-state index contributed by atoms with van der Waals surface area (Å²) in [6, 6.07) is 0.370. The third-order valence-electron chi connectivity index (χ3n) is 2.87. The van der Waals surface area contributed by atoms with Gasteiger partial charge < -0.3 is 10.2 Å². The molecule has 0 amide bonds. The third-order valence-corrected chi connectivity index (χ3v) is 2.87. The molecule has 1 heterocycles. The lowest BCUT2D eigenvalue weighted by Crippen LogP contribution is -2.49. The van der Waals surface area contributed by atoms with Crippen LogP contribution in [0.5, 0.6) is 0 Å². The van der Waals surface area contributed by atoms with Gasteiger partial charge in [0.1, 0.15) is 0 Å². The van der Waals surface area contributed by atoms with Crippen LogP contribution in [0.2, 0.25) is 0 Å². The van der Waals surface area contributed by atoms with Crippen LogP contribution in [0.15, 0.2) is 4.99 Å². The maximum absolute atomic E-state index is 5.46. The fourth-order valence-corrected chi connectivity index (χ4v) is 2.04. The summed E-state index contributed by atoms with van der Waals surface area (Å²) in [4.78, 5) is 6.89. The molecular formula is C12H27N5. The highest BCUT2D eigenvalue weighted by Crippen LogP contribution is 2.07. The van der Waals surface area contributed by atoms with Crippen molar-refractivity contribution in [3.8, 4) is 0 Å². The molecule has 0 saturated carbocycles. The molecule has 0 aromatic carbocycles. The van der Waals surface area contributed by atoms with Gasteiger partial charge in [-0.1, -0.05) is 13.8 Å². The number of hydrogen-bond donors (Lipinski definition) is 3. The van der Waals surface area contributed by atoms with E-state index in [0.717, 1.165) is 13.1 Å². The molecule has 0 spiro atoms. The summed E-state index contributed by atoms with van der Waals surface area (Å²) in [7, 11) is 0. The molecule has 1 rings (SSSR count). The lowest BCUT2D eigenvalue weighted by molar-refractivity contribution is 0.311. The van der Waals surface area contributed by atoms with E-state index in [2.05, 4.69) is 41.4 Å². The molecule has 1 fully saturated rings. The van der Waals surface area contributed by atoms with Gasteiger partial charge in [0.05, 0.1) is 0 Å². The second kappa shape index (κ2) is 7.50. The van der Waals surface area contributed by atoms with Gasteiger partial charge in [0.15, 0.2) is 0 Å². The highest BCUT2D eigenvalue weighted by molar-refractivity contribution is 5.79. The monoisotopic (exact) mass is 241 g/mol. The van der Waals surface area contributed by atoms with E-state index in [-0.39, 0.29) is 0 Å². The van der Waals surface area contributed by atoms with Gasteiger partial charge in [-0.15, -0.1) is 0 Å². The Hall–Kier alpha value is -0.810. The second-order valence-electron chi connectivity index (χ2n) is 5.28. The van der Waals surface area contributed by atoms with Crippen LogP contribution in [0.25, 0.3) is 0 Å². The van der Waals surface area contributed by atoms with E-state index in [1.807, 2.05) is 0 Å². The normalized spacial score (nSPS) is 19.7. The third kappa shape index (κ3) is 5.89. The highest BCUT2D eigenvalue weighted by atomic mass is 15.3. The molecule has 5 heteroatoms. The van der Waals surface area contributed by atoms with Crippen molar-refractivity contribution in [2.45, 2.75) is 39.7 Å². The van der Waals surface area contributed by atoms with Crippen LogP contribution in [-0.2, 0) is 0 Å². The molecule has 0 aliphatic carbocycles.